The van der Waals surface area contributed by atoms with E-state index in [1.165, 1.54) is 0 Å². The van der Waals surface area contributed by atoms with Crippen molar-refractivity contribution in [3.63, 3.8) is 0 Å². The van der Waals surface area contributed by atoms with Crippen LogP contribution in [0.4, 0.5) is 11.6 Å². The zero-order valence-electron chi connectivity index (χ0n) is 18.0. The topological polar surface area (TPSA) is 96.0 Å². The predicted octanol–water partition coefficient (Wildman–Crippen LogP) is 4.55. The van der Waals surface area contributed by atoms with E-state index in [-0.39, 0.29) is 5.91 Å². The molecule has 4 rings (SSSR count). The lowest BCUT2D eigenvalue weighted by molar-refractivity contribution is 0.0823. The number of hydrogen-bond donors (Lipinski definition) is 2. The number of alkyl halides is 1. The first-order valence-corrected chi connectivity index (χ1v) is 11.5. The number of aromatic nitrogens is 4. The van der Waals surface area contributed by atoms with Crippen molar-refractivity contribution in [1.29, 1.82) is 0 Å². The third-order valence-corrected chi connectivity index (χ3v) is 5.72. The van der Waals surface area contributed by atoms with E-state index in [9.17, 15) is 4.79 Å². The van der Waals surface area contributed by atoms with Gasteiger partial charge in [-0.3, -0.25) is 9.78 Å². The van der Waals surface area contributed by atoms with Gasteiger partial charge in [-0.05, 0) is 47.5 Å². The van der Waals surface area contributed by atoms with E-state index in [4.69, 9.17) is 4.74 Å². The first kappa shape index (κ1) is 22.2. The van der Waals surface area contributed by atoms with E-state index < -0.39 is 0 Å². The maximum atomic E-state index is 12.4. The van der Waals surface area contributed by atoms with Crippen molar-refractivity contribution in [1.82, 2.24) is 24.8 Å². The van der Waals surface area contributed by atoms with Gasteiger partial charge in [0.05, 0.1) is 23.5 Å². The number of benzene rings is 1. The smallest absolute Gasteiger partial charge is 0.269 e. The number of hydrogen-bond acceptors (Lipinski definition) is 6. The summed E-state index contributed by atoms with van der Waals surface area (Å²) in [4.78, 5) is 30.6. The number of anilines is 2. The molecule has 32 heavy (non-hydrogen) atoms. The average Bonchev–Trinajstić information content (AvgIpc) is 3.22. The Kier molecular flexibility index (Phi) is 6.66. The molecule has 0 atom stereocenters. The molecule has 0 aliphatic rings. The molecule has 1 amide bonds. The van der Waals surface area contributed by atoms with Gasteiger partial charge in [0.1, 0.15) is 5.69 Å². The van der Waals surface area contributed by atoms with Crippen molar-refractivity contribution >= 4 is 51.0 Å². The summed E-state index contributed by atoms with van der Waals surface area (Å²) in [5.74, 6) is 0.412. The zero-order chi connectivity index (χ0) is 22.7. The van der Waals surface area contributed by atoms with Crippen molar-refractivity contribution in [2.45, 2.75) is 11.0 Å². The highest BCUT2D eigenvalue weighted by Crippen LogP contribution is 2.28. The zero-order valence-corrected chi connectivity index (χ0v) is 20.2. The molecule has 0 spiro atoms. The average molecular weight is 542 g/mol. The number of carbonyl (C=O) groups is 1. The highest BCUT2D eigenvalue weighted by molar-refractivity contribution is 14.1. The normalized spacial score (nSPS) is 11.0. The second-order valence-electron chi connectivity index (χ2n) is 7.49. The standard InChI is InChI=1S/C23H23IN6O2/c1-30(2)22(31)20-11-15-9-17(10-16(12-24)21(15)28-20)27-23-26-7-5-18(29-23)19-8-14(13-32-3)4-6-25-19/h4-11,28H,12-13H2,1-3H3,(H,26,27,29). The molecule has 4 aromatic rings. The minimum atomic E-state index is -0.0608. The molecular weight excluding hydrogens is 519 g/mol. The van der Waals surface area contributed by atoms with E-state index in [0.717, 1.165) is 43.5 Å². The number of amides is 1. The Hall–Kier alpha value is -3.05. The second-order valence-corrected chi connectivity index (χ2v) is 8.25. The molecule has 0 aliphatic heterocycles. The Balaban J connectivity index is 1.65. The van der Waals surface area contributed by atoms with Gasteiger partial charge in [0.25, 0.3) is 5.91 Å². The van der Waals surface area contributed by atoms with Crippen molar-refractivity contribution in [3.8, 4) is 11.4 Å². The van der Waals surface area contributed by atoms with Crippen LogP contribution in [0.3, 0.4) is 0 Å². The summed E-state index contributed by atoms with van der Waals surface area (Å²) in [6, 6.07) is 11.6. The van der Waals surface area contributed by atoms with Gasteiger partial charge in [0.2, 0.25) is 5.95 Å². The van der Waals surface area contributed by atoms with Gasteiger partial charge >= 0.3 is 0 Å². The van der Waals surface area contributed by atoms with Crippen molar-refractivity contribution < 1.29 is 9.53 Å². The number of H-pyrrole nitrogens is 1. The van der Waals surface area contributed by atoms with Crippen LogP contribution in [0.2, 0.25) is 0 Å². The number of methoxy groups -OCH3 is 1. The number of halogens is 1. The van der Waals surface area contributed by atoms with Crippen LogP contribution in [-0.2, 0) is 15.8 Å². The molecular formula is C23H23IN6O2. The lowest BCUT2D eigenvalue weighted by atomic mass is 10.1. The fourth-order valence-electron chi connectivity index (χ4n) is 3.41. The largest absolute Gasteiger partial charge is 0.380 e. The Morgan fingerprint density at radius 3 is 2.69 bits per heavy atom. The van der Waals surface area contributed by atoms with Gasteiger partial charge in [-0.1, -0.05) is 22.6 Å². The molecule has 0 saturated carbocycles. The van der Waals surface area contributed by atoms with Gasteiger partial charge in [-0.2, -0.15) is 0 Å². The van der Waals surface area contributed by atoms with E-state index >= 15 is 0 Å². The summed E-state index contributed by atoms with van der Waals surface area (Å²) < 4.78 is 6.00. The molecule has 0 aliphatic carbocycles. The summed E-state index contributed by atoms with van der Waals surface area (Å²) in [6.45, 7) is 0.514. The van der Waals surface area contributed by atoms with E-state index in [2.05, 4.69) is 47.8 Å². The van der Waals surface area contributed by atoms with Crippen molar-refractivity contribution in [2.24, 2.45) is 0 Å². The molecule has 2 N–H and O–H groups in total. The molecule has 164 valence electrons. The maximum Gasteiger partial charge on any atom is 0.269 e. The number of fused-ring (bicyclic) bond motifs is 1. The minimum absolute atomic E-state index is 0.0608. The lowest BCUT2D eigenvalue weighted by Gasteiger charge is -2.09. The number of nitrogens with one attached hydrogen (secondary N) is 2. The first-order valence-electron chi connectivity index (χ1n) is 9.96. The summed E-state index contributed by atoms with van der Waals surface area (Å²) in [7, 11) is 5.14. The maximum absolute atomic E-state index is 12.4. The highest BCUT2D eigenvalue weighted by atomic mass is 127. The number of pyridine rings is 1. The van der Waals surface area contributed by atoms with E-state index in [1.807, 2.05) is 36.4 Å². The number of aromatic amines is 1. The number of nitrogens with zero attached hydrogens (tertiary/aromatic N) is 4. The van der Waals surface area contributed by atoms with Crippen LogP contribution in [-0.4, -0.2) is 51.9 Å². The van der Waals surface area contributed by atoms with E-state index in [1.54, 1.807) is 38.5 Å². The molecule has 0 unspecified atom stereocenters. The molecule has 0 fully saturated rings. The molecule has 0 saturated heterocycles. The quantitative estimate of drug-likeness (QED) is 0.263. The van der Waals surface area contributed by atoms with Crippen LogP contribution in [0.1, 0.15) is 21.6 Å². The van der Waals surface area contributed by atoms with Crippen LogP contribution < -0.4 is 5.32 Å². The molecule has 0 bridgehead atoms. The van der Waals surface area contributed by atoms with Crippen LogP contribution in [0.25, 0.3) is 22.3 Å². The number of carbonyl (C=O) groups excluding carboxylic acids is 1. The Bertz CT molecular complexity index is 1270. The van der Waals surface area contributed by atoms with Gasteiger partial charge in [-0.15, -0.1) is 0 Å². The fraction of sp³-hybridized carbons (Fsp3) is 0.217. The second kappa shape index (κ2) is 9.61. The summed E-state index contributed by atoms with van der Waals surface area (Å²) >= 11 is 2.32. The van der Waals surface area contributed by atoms with Crippen LogP contribution in [0.15, 0.2) is 48.8 Å². The van der Waals surface area contributed by atoms with E-state index in [0.29, 0.717) is 18.2 Å². The molecule has 8 nitrogen and oxygen atoms in total. The van der Waals surface area contributed by atoms with Crippen LogP contribution in [0.5, 0.6) is 0 Å². The Morgan fingerprint density at radius 1 is 1.12 bits per heavy atom. The summed E-state index contributed by atoms with van der Waals surface area (Å²) in [5, 5.41) is 4.25. The Morgan fingerprint density at radius 2 is 1.94 bits per heavy atom. The van der Waals surface area contributed by atoms with Crippen LogP contribution in [0, 0.1) is 0 Å². The molecule has 3 aromatic heterocycles. The number of ether oxygens (including phenoxy) is 1. The Labute approximate surface area is 199 Å². The SMILES string of the molecule is COCc1ccnc(-c2ccnc(Nc3cc(CI)c4[nH]c(C(=O)N(C)C)cc4c3)n2)c1. The molecule has 1 aromatic carbocycles. The molecule has 3 heterocycles. The van der Waals surface area contributed by atoms with Gasteiger partial charge < -0.3 is 19.9 Å². The van der Waals surface area contributed by atoms with Crippen molar-refractivity contribution in [2.75, 3.05) is 26.5 Å². The molecule has 0 radical (unpaired) electrons. The third kappa shape index (κ3) is 4.73. The third-order valence-electron chi connectivity index (χ3n) is 4.90. The monoisotopic (exact) mass is 542 g/mol. The first-order chi connectivity index (χ1) is 15.5. The summed E-state index contributed by atoms with van der Waals surface area (Å²) in [5.41, 5.74) is 5.97. The minimum Gasteiger partial charge on any atom is -0.380 e. The number of rotatable bonds is 7. The van der Waals surface area contributed by atoms with Gasteiger partial charge in [-0.25, -0.2) is 9.97 Å². The van der Waals surface area contributed by atoms with Crippen LogP contribution >= 0.6 is 22.6 Å². The van der Waals surface area contributed by atoms with Gasteiger partial charge in [0, 0.05) is 49.1 Å². The molecule has 9 heteroatoms. The highest BCUT2D eigenvalue weighted by Gasteiger charge is 2.14. The van der Waals surface area contributed by atoms with Crippen molar-refractivity contribution in [3.05, 3.63) is 65.6 Å². The lowest BCUT2D eigenvalue weighted by Crippen LogP contribution is -2.21. The summed E-state index contributed by atoms with van der Waals surface area (Å²) in [6.07, 6.45) is 3.45. The van der Waals surface area contributed by atoms with Gasteiger partial charge in [0.15, 0.2) is 0 Å². The fourth-order valence-corrected chi connectivity index (χ4v) is 4.02. The predicted molar refractivity (Wildman–Crippen MR) is 133 cm³/mol.